The number of halogens is 1. The Balaban J connectivity index is 2.15. The third-order valence-corrected chi connectivity index (χ3v) is 4.24. The molecular formula is C15H20BrN3O. The van der Waals surface area contributed by atoms with Crippen molar-refractivity contribution in [1.29, 1.82) is 0 Å². The van der Waals surface area contributed by atoms with Crippen molar-refractivity contribution in [3.63, 3.8) is 0 Å². The van der Waals surface area contributed by atoms with Crippen LogP contribution in [-0.4, -0.2) is 9.78 Å². The average Bonchev–Trinajstić information content (AvgIpc) is 2.72. The second kappa shape index (κ2) is 6.41. The van der Waals surface area contributed by atoms with Crippen molar-refractivity contribution in [2.75, 3.05) is 0 Å². The maximum Gasteiger partial charge on any atom is 0.131 e. The number of nitrogens with zero attached hydrogens (tertiary/aromatic N) is 2. The Morgan fingerprint density at radius 1 is 1.45 bits per heavy atom. The number of rotatable bonds is 5. The van der Waals surface area contributed by atoms with Crippen LogP contribution >= 0.6 is 15.9 Å². The Kier molecular flexibility index (Phi) is 4.83. The number of hydrogen-bond acceptors (Lipinski definition) is 3. The standard InChI is InChI=1S/C15H20BrN3O/c1-4-19-14(15(16)11(3)18-19)9-20-13-7-5-6-12(8-13)10(2)17/h5-8,10H,4,9,17H2,1-3H3/t10-/m0/s1. The maximum atomic E-state index is 5.89. The Hall–Kier alpha value is -1.33. The molecule has 0 fully saturated rings. The van der Waals surface area contributed by atoms with E-state index in [-0.39, 0.29) is 6.04 Å². The lowest BCUT2D eigenvalue weighted by atomic mass is 10.1. The maximum absolute atomic E-state index is 5.89. The van der Waals surface area contributed by atoms with Gasteiger partial charge >= 0.3 is 0 Å². The van der Waals surface area contributed by atoms with Gasteiger partial charge in [-0.3, -0.25) is 4.68 Å². The predicted molar refractivity (Wildman–Crippen MR) is 83.7 cm³/mol. The molecule has 1 aromatic carbocycles. The molecule has 2 aromatic rings. The molecule has 5 heteroatoms. The summed E-state index contributed by atoms with van der Waals surface area (Å²) in [5.74, 6) is 0.827. The van der Waals surface area contributed by atoms with Gasteiger partial charge in [-0.05, 0) is 54.4 Å². The Morgan fingerprint density at radius 2 is 2.20 bits per heavy atom. The molecule has 1 heterocycles. The van der Waals surface area contributed by atoms with Crippen LogP contribution in [0.15, 0.2) is 28.7 Å². The molecule has 0 saturated heterocycles. The molecule has 0 aliphatic rings. The molecular weight excluding hydrogens is 318 g/mol. The van der Waals surface area contributed by atoms with Crippen LogP contribution in [0.5, 0.6) is 5.75 Å². The second-order valence-corrected chi connectivity index (χ2v) is 5.60. The average molecular weight is 338 g/mol. The van der Waals surface area contributed by atoms with Crippen LogP contribution in [0.2, 0.25) is 0 Å². The van der Waals surface area contributed by atoms with Crippen molar-refractivity contribution in [3.05, 3.63) is 45.7 Å². The Morgan fingerprint density at radius 3 is 2.85 bits per heavy atom. The highest BCUT2D eigenvalue weighted by molar-refractivity contribution is 9.10. The molecule has 1 aromatic heterocycles. The Labute approximate surface area is 128 Å². The highest BCUT2D eigenvalue weighted by atomic mass is 79.9. The quantitative estimate of drug-likeness (QED) is 0.907. The largest absolute Gasteiger partial charge is 0.487 e. The third kappa shape index (κ3) is 3.22. The van der Waals surface area contributed by atoms with E-state index in [9.17, 15) is 0 Å². The van der Waals surface area contributed by atoms with Crippen molar-refractivity contribution >= 4 is 15.9 Å². The van der Waals surface area contributed by atoms with Crippen LogP contribution in [0.1, 0.15) is 36.8 Å². The number of ether oxygens (including phenoxy) is 1. The molecule has 0 bridgehead atoms. The number of aromatic nitrogens is 2. The zero-order chi connectivity index (χ0) is 14.7. The normalized spacial score (nSPS) is 12.4. The lowest BCUT2D eigenvalue weighted by Crippen LogP contribution is -2.08. The third-order valence-electron chi connectivity index (χ3n) is 3.21. The number of benzene rings is 1. The van der Waals surface area contributed by atoms with E-state index >= 15 is 0 Å². The van der Waals surface area contributed by atoms with E-state index in [1.54, 1.807) is 0 Å². The molecule has 0 saturated carbocycles. The summed E-state index contributed by atoms with van der Waals surface area (Å²) in [7, 11) is 0. The molecule has 0 aliphatic carbocycles. The van der Waals surface area contributed by atoms with Gasteiger partial charge in [0.15, 0.2) is 0 Å². The van der Waals surface area contributed by atoms with E-state index in [2.05, 4.69) is 28.0 Å². The van der Waals surface area contributed by atoms with Gasteiger partial charge < -0.3 is 10.5 Å². The van der Waals surface area contributed by atoms with E-state index in [0.29, 0.717) is 6.61 Å². The van der Waals surface area contributed by atoms with Gasteiger partial charge in [0.1, 0.15) is 12.4 Å². The van der Waals surface area contributed by atoms with E-state index in [0.717, 1.165) is 33.7 Å². The van der Waals surface area contributed by atoms with Crippen molar-refractivity contribution in [2.45, 2.75) is 40.0 Å². The van der Waals surface area contributed by atoms with E-state index in [4.69, 9.17) is 10.5 Å². The fourth-order valence-corrected chi connectivity index (χ4v) is 2.44. The van der Waals surface area contributed by atoms with Crippen molar-refractivity contribution in [3.8, 4) is 5.75 Å². The second-order valence-electron chi connectivity index (χ2n) is 4.81. The molecule has 0 unspecified atom stereocenters. The van der Waals surface area contributed by atoms with Crippen molar-refractivity contribution < 1.29 is 4.74 Å². The Bertz CT molecular complexity index is 593. The summed E-state index contributed by atoms with van der Waals surface area (Å²) in [5.41, 5.74) is 8.99. The summed E-state index contributed by atoms with van der Waals surface area (Å²) in [5, 5.41) is 4.46. The lowest BCUT2D eigenvalue weighted by Gasteiger charge is -2.11. The van der Waals surface area contributed by atoms with Crippen LogP contribution in [0.25, 0.3) is 0 Å². The van der Waals surface area contributed by atoms with Gasteiger partial charge in [-0.1, -0.05) is 12.1 Å². The molecule has 108 valence electrons. The molecule has 0 amide bonds. The zero-order valence-corrected chi connectivity index (χ0v) is 13.6. The van der Waals surface area contributed by atoms with Gasteiger partial charge in [-0.2, -0.15) is 5.10 Å². The topological polar surface area (TPSA) is 53.1 Å². The minimum atomic E-state index is 0.00806. The smallest absolute Gasteiger partial charge is 0.131 e. The molecule has 0 spiro atoms. The molecule has 2 rings (SSSR count). The molecule has 0 radical (unpaired) electrons. The van der Waals surface area contributed by atoms with Crippen molar-refractivity contribution in [1.82, 2.24) is 9.78 Å². The molecule has 1 atom stereocenters. The number of nitrogens with two attached hydrogens (primary N) is 1. The monoisotopic (exact) mass is 337 g/mol. The summed E-state index contributed by atoms with van der Waals surface area (Å²) < 4.78 is 8.84. The zero-order valence-electron chi connectivity index (χ0n) is 12.1. The first-order valence-corrected chi connectivity index (χ1v) is 7.52. The fraction of sp³-hybridized carbons (Fsp3) is 0.400. The van der Waals surface area contributed by atoms with Gasteiger partial charge in [-0.15, -0.1) is 0 Å². The summed E-state index contributed by atoms with van der Waals surface area (Å²) >= 11 is 3.57. The summed E-state index contributed by atoms with van der Waals surface area (Å²) in [6.07, 6.45) is 0. The van der Waals surface area contributed by atoms with Crippen LogP contribution in [0.3, 0.4) is 0 Å². The minimum absolute atomic E-state index is 0.00806. The van der Waals surface area contributed by atoms with E-state index in [1.165, 1.54) is 0 Å². The SMILES string of the molecule is CCn1nc(C)c(Br)c1COc1cccc([C@H](C)N)c1. The first-order chi connectivity index (χ1) is 9.52. The highest BCUT2D eigenvalue weighted by Crippen LogP contribution is 2.24. The van der Waals surface area contributed by atoms with Crippen molar-refractivity contribution in [2.24, 2.45) is 5.73 Å². The minimum Gasteiger partial charge on any atom is -0.487 e. The van der Waals surface area contributed by atoms with Crippen LogP contribution in [0, 0.1) is 6.92 Å². The molecule has 20 heavy (non-hydrogen) atoms. The van der Waals surface area contributed by atoms with E-state index < -0.39 is 0 Å². The summed E-state index contributed by atoms with van der Waals surface area (Å²) in [6.45, 7) is 7.32. The fourth-order valence-electron chi connectivity index (χ4n) is 2.05. The van der Waals surface area contributed by atoms with Crippen LogP contribution in [0.4, 0.5) is 0 Å². The van der Waals surface area contributed by atoms with E-state index in [1.807, 2.05) is 42.8 Å². The number of aryl methyl sites for hydroxylation is 2. The van der Waals surface area contributed by atoms with Crippen LogP contribution < -0.4 is 10.5 Å². The van der Waals surface area contributed by atoms with Gasteiger partial charge in [0.2, 0.25) is 0 Å². The summed E-state index contributed by atoms with van der Waals surface area (Å²) in [6, 6.07) is 7.91. The lowest BCUT2D eigenvalue weighted by molar-refractivity contribution is 0.291. The number of hydrogen-bond donors (Lipinski definition) is 1. The van der Waals surface area contributed by atoms with Gasteiger partial charge in [0.05, 0.1) is 15.9 Å². The molecule has 4 nitrogen and oxygen atoms in total. The molecule has 2 N–H and O–H groups in total. The molecule has 0 aliphatic heterocycles. The van der Waals surface area contributed by atoms with Crippen LogP contribution in [-0.2, 0) is 13.2 Å². The first-order valence-electron chi connectivity index (χ1n) is 6.73. The van der Waals surface area contributed by atoms with Gasteiger partial charge in [0, 0.05) is 12.6 Å². The van der Waals surface area contributed by atoms with Gasteiger partial charge in [-0.25, -0.2) is 0 Å². The van der Waals surface area contributed by atoms with Gasteiger partial charge in [0.25, 0.3) is 0 Å². The summed E-state index contributed by atoms with van der Waals surface area (Å²) in [4.78, 5) is 0. The predicted octanol–water partition coefficient (Wildman–Crippen LogP) is 3.57. The highest BCUT2D eigenvalue weighted by Gasteiger charge is 2.12. The first kappa shape index (κ1) is 15.1.